The molecule has 6 heteroatoms. The molecule has 0 saturated heterocycles. The van der Waals surface area contributed by atoms with Crippen LogP contribution in [0.15, 0.2) is 0 Å². The third-order valence-electron chi connectivity index (χ3n) is 3.41. The fraction of sp³-hybridized carbons (Fsp3) is 0.889. The molecule has 0 atom stereocenters. The summed E-state index contributed by atoms with van der Waals surface area (Å²) in [5.74, 6) is -1.14. The largest absolute Gasteiger partial charge is 1.00 e. The molecule has 0 saturated carbocycles. The summed E-state index contributed by atoms with van der Waals surface area (Å²) >= 11 is 0. The van der Waals surface area contributed by atoms with E-state index in [4.69, 9.17) is 10.8 Å². The quantitative estimate of drug-likeness (QED) is 0.202. The van der Waals surface area contributed by atoms with Gasteiger partial charge in [0.15, 0.2) is 0 Å². The van der Waals surface area contributed by atoms with Gasteiger partial charge in [-0.1, -0.05) is 78.1 Å². The van der Waals surface area contributed by atoms with Crippen molar-refractivity contribution in [3.63, 3.8) is 0 Å². The van der Waals surface area contributed by atoms with Gasteiger partial charge in [-0.05, 0) is 13.0 Å². The van der Waals surface area contributed by atoms with E-state index in [0.717, 1.165) is 19.4 Å². The Bertz CT molecular complexity index is 273. The van der Waals surface area contributed by atoms with Crippen LogP contribution in [0.25, 0.3) is 0 Å². The molecule has 0 aromatic rings. The summed E-state index contributed by atoms with van der Waals surface area (Å²) in [6.07, 6.45) is 13.9. The first kappa shape index (κ1) is 32.5. The number of carbonyl (C=O) groups is 2. The Morgan fingerprint density at radius 1 is 0.833 bits per heavy atom. The molecule has 24 heavy (non-hydrogen) atoms. The van der Waals surface area contributed by atoms with Gasteiger partial charge in [0, 0.05) is 28.8 Å². The third-order valence-corrected chi connectivity index (χ3v) is 3.41. The van der Waals surface area contributed by atoms with E-state index >= 15 is 0 Å². The maximum absolute atomic E-state index is 11.1. The van der Waals surface area contributed by atoms with Crippen molar-refractivity contribution < 1.29 is 68.1 Å². The summed E-state index contributed by atoms with van der Waals surface area (Å²) < 4.78 is 0. The molecular formula is C18H38AuNNaO3. The zero-order chi connectivity index (χ0) is 17.1. The Morgan fingerprint density at radius 2 is 1.17 bits per heavy atom. The first-order valence-electron chi connectivity index (χ1n) is 9.01. The number of carboxylic acids is 1. The van der Waals surface area contributed by atoms with Crippen molar-refractivity contribution in [3.05, 3.63) is 0 Å². The Kier molecular flexibility index (Phi) is 38.8. The van der Waals surface area contributed by atoms with Gasteiger partial charge in [-0.15, -0.1) is 0 Å². The fourth-order valence-corrected chi connectivity index (χ4v) is 2.24. The molecule has 0 aliphatic carbocycles. The van der Waals surface area contributed by atoms with E-state index in [2.05, 4.69) is 6.92 Å². The van der Waals surface area contributed by atoms with Gasteiger partial charge in [-0.2, -0.15) is 0 Å². The molecule has 4 nitrogen and oxygen atoms in total. The van der Waals surface area contributed by atoms with Gasteiger partial charge in [0.2, 0.25) is 0 Å². The Balaban J connectivity index is -0.000000206. The summed E-state index contributed by atoms with van der Waals surface area (Å²) in [6.45, 7) is 4.89. The van der Waals surface area contributed by atoms with Crippen LogP contribution >= 0.6 is 0 Å². The van der Waals surface area contributed by atoms with Crippen molar-refractivity contribution in [2.24, 2.45) is 5.73 Å². The topological polar surface area (TPSA) is 80.4 Å². The van der Waals surface area contributed by atoms with Gasteiger partial charge < -0.3 is 12.3 Å². The zero-order valence-electron chi connectivity index (χ0n) is 17.0. The molecule has 0 spiro atoms. The van der Waals surface area contributed by atoms with E-state index < -0.39 is 5.97 Å². The van der Waals surface area contributed by atoms with Gasteiger partial charge >= 0.3 is 35.5 Å². The van der Waals surface area contributed by atoms with Crippen molar-refractivity contribution in [1.29, 1.82) is 0 Å². The van der Waals surface area contributed by atoms with E-state index in [-0.39, 0.29) is 65.6 Å². The second-order valence-electron chi connectivity index (χ2n) is 5.80. The predicted molar refractivity (Wildman–Crippen MR) is 94.2 cm³/mol. The SMILES string of the molecule is CCCCCCCCCCCCCC(=O)CC(=O)O.CCN.[Au].[H-].[Na+]. The fourth-order valence-electron chi connectivity index (χ4n) is 2.24. The molecule has 0 unspecified atom stereocenters. The van der Waals surface area contributed by atoms with Crippen molar-refractivity contribution in [2.45, 2.75) is 97.3 Å². The summed E-state index contributed by atoms with van der Waals surface area (Å²) in [6, 6.07) is 0. The van der Waals surface area contributed by atoms with Crippen LogP contribution < -0.4 is 35.3 Å². The molecule has 0 amide bonds. The number of nitrogens with two attached hydrogens (primary N) is 1. The Hall–Kier alpha value is 0.840. The minimum Gasteiger partial charge on any atom is -1.00 e. The molecule has 0 aliphatic rings. The maximum Gasteiger partial charge on any atom is 1.00 e. The van der Waals surface area contributed by atoms with Crippen LogP contribution in [0, 0.1) is 0 Å². The first-order valence-corrected chi connectivity index (χ1v) is 9.01. The van der Waals surface area contributed by atoms with Crippen LogP contribution in [0.1, 0.15) is 98.7 Å². The first-order chi connectivity index (χ1) is 10.6. The normalized spacial score (nSPS) is 9.12. The number of carbonyl (C=O) groups excluding carboxylic acids is 1. The number of rotatable bonds is 14. The molecule has 3 N–H and O–H groups in total. The number of hydrogen-bond acceptors (Lipinski definition) is 3. The molecule has 0 rings (SSSR count). The molecule has 1 radical (unpaired) electrons. The van der Waals surface area contributed by atoms with Crippen LogP contribution in [-0.4, -0.2) is 23.4 Å². The van der Waals surface area contributed by atoms with Gasteiger partial charge in [0.1, 0.15) is 12.2 Å². The number of Topliss-reactive ketones (excluding diaryl/α,β-unsaturated/α-hetero) is 1. The molecule has 0 fully saturated rings. The van der Waals surface area contributed by atoms with Gasteiger partial charge in [0.05, 0.1) is 0 Å². The number of unbranched alkanes of at least 4 members (excludes halogenated alkanes) is 10. The Morgan fingerprint density at radius 3 is 1.50 bits per heavy atom. The monoisotopic (exact) mass is 536 g/mol. The summed E-state index contributed by atoms with van der Waals surface area (Å²) in [4.78, 5) is 21.4. The third kappa shape index (κ3) is 34.2. The average molecular weight is 536 g/mol. The van der Waals surface area contributed by atoms with Crippen LogP contribution in [0.2, 0.25) is 0 Å². The molecule has 0 bridgehead atoms. The van der Waals surface area contributed by atoms with Crippen molar-refractivity contribution >= 4 is 11.8 Å². The number of carboxylic acid groups (broad SMARTS) is 1. The molecular weight excluding hydrogens is 498 g/mol. The van der Waals surface area contributed by atoms with Crippen molar-refractivity contribution in [3.8, 4) is 0 Å². The van der Waals surface area contributed by atoms with E-state index in [1.807, 2.05) is 6.92 Å². The average Bonchev–Trinajstić information content (AvgIpc) is 2.45. The van der Waals surface area contributed by atoms with Crippen molar-refractivity contribution in [2.75, 3.05) is 6.54 Å². The molecule has 0 heterocycles. The maximum atomic E-state index is 11.1. The molecule has 0 aromatic heterocycles. The summed E-state index contributed by atoms with van der Waals surface area (Å²) in [7, 11) is 0. The second-order valence-corrected chi connectivity index (χ2v) is 5.80. The summed E-state index contributed by atoms with van der Waals surface area (Å²) in [5.41, 5.74) is 4.85. The van der Waals surface area contributed by atoms with E-state index in [9.17, 15) is 9.59 Å². The van der Waals surface area contributed by atoms with Crippen LogP contribution in [-0.2, 0) is 32.0 Å². The molecule has 145 valence electrons. The van der Waals surface area contributed by atoms with Crippen LogP contribution in [0.3, 0.4) is 0 Å². The van der Waals surface area contributed by atoms with E-state index in [1.165, 1.54) is 57.8 Å². The number of aliphatic carboxylic acids is 1. The standard InChI is InChI=1S/C16H30O3.C2H7N.Au.Na.H/c1-2-3-4-5-6-7-8-9-10-11-12-13-15(17)14-16(18)19;1-2-3;;;/h2-14H2,1H3,(H,18,19);2-3H2,1H3;;;/q;;;+1;-1. The Labute approximate surface area is 188 Å². The number of hydrogen-bond donors (Lipinski definition) is 2. The smallest absolute Gasteiger partial charge is 1.00 e. The molecule has 0 aromatic carbocycles. The summed E-state index contributed by atoms with van der Waals surface area (Å²) in [5, 5.41) is 8.44. The second kappa shape index (κ2) is 28.6. The van der Waals surface area contributed by atoms with E-state index in [1.54, 1.807) is 0 Å². The van der Waals surface area contributed by atoms with Crippen molar-refractivity contribution in [1.82, 2.24) is 0 Å². The minimum absolute atomic E-state index is 0. The van der Waals surface area contributed by atoms with Gasteiger partial charge in [-0.25, -0.2) is 0 Å². The number of ketones is 1. The van der Waals surface area contributed by atoms with Crippen LogP contribution in [0.5, 0.6) is 0 Å². The van der Waals surface area contributed by atoms with E-state index in [0.29, 0.717) is 6.42 Å². The van der Waals surface area contributed by atoms with Gasteiger partial charge in [0.25, 0.3) is 0 Å². The zero-order valence-corrected chi connectivity index (χ0v) is 20.2. The van der Waals surface area contributed by atoms with Gasteiger partial charge in [-0.3, -0.25) is 9.59 Å². The minimum atomic E-state index is -1.01. The van der Waals surface area contributed by atoms with Crippen LogP contribution in [0.4, 0.5) is 0 Å². The molecule has 0 aliphatic heterocycles. The predicted octanol–water partition coefficient (Wildman–Crippen LogP) is 1.81.